The van der Waals surface area contributed by atoms with Crippen LogP contribution in [-0.2, 0) is 10.0 Å². The highest BCUT2D eigenvalue weighted by atomic mass is 79.9. The molecule has 2 N–H and O–H groups in total. The van der Waals surface area contributed by atoms with Crippen molar-refractivity contribution in [2.75, 3.05) is 19.3 Å². The number of nitrogen functional groups attached to an aromatic ring is 1. The zero-order chi connectivity index (χ0) is 13.3. The van der Waals surface area contributed by atoms with Crippen LogP contribution in [0, 0.1) is 5.92 Å². The van der Waals surface area contributed by atoms with Gasteiger partial charge in [0.05, 0.1) is 4.90 Å². The Morgan fingerprint density at radius 1 is 1.44 bits per heavy atom. The van der Waals surface area contributed by atoms with Crippen molar-refractivity contribution in [1.29, 1.82) is 0 Å². The molecule has 0 radical (unpaired) electrons. The smallest absolute Gasteiger partial charge is 0.244 e. The van der Waals surface area contributed by atoms with Crippen LogP contribution in [-0.4, -0.2) is 26.3 Å². The molecule has 0 bridgehead atoms. The molecule has 0 heterocycles. The molecule has 18 heavy (non-hydrogen) atoms. The summed E-state index contributed by atoms with van der Waals surface area (Å²) in [6.45, 7) is 0.587. The summed E-state index contributed by atoms with van der Waals surface area (Å²) < 4.78 is 26.8. The van der Waals surface area contributed by atoms with Gasteiger partial charge in [-0.1, -0.05) is 6.42 Å². The van der Waals surface area contributed by atoms with Gasteiger partial charge in [0, 0.05) is 23.8 Å². The Balaban J connectivity index is 2.25. The van der Waals surface area contributed by atoms with E-state index >= 15 is 0 Å². The van der Waals surface area contributed by atoms with Gasteiger partial charge in [-0.25, -0.2) is 12.7 Å². The molecule has 0 aromatic heterocycles. The number of halogens is 1. The molecule has 0 aliphatic heterocycles. The van der Waals surface area contributed by atoms with Crippen LogP contribution in [0.2, 0.25) is 0 Å². The molecular formula is C12H17BrN2O2S. The minimum absolute atomic E-state index is 0.240. The van der Waals surface area contributed by atoms with Crippen molar-refractivity contribution in [3.8, 4) is 0 Å². The van der Waals surface area contributed by atoms with E-state index in [4.69, 9.17) is 5.73 Å². The predicted octanol–water partition coefficient (Wildman–Crippen LogP) is 2.45. The first-order chi connectivity index (χ1) is 8.41. The van der Waals surface area contributed by atoms with Crippen LogP contribution in [0.5, 0.6) is 0 Å². The molecule has 1 aromatic rings. The first-order valence-corrected chi connectivity index (χ1v) is 8.16. The standard InChI is InChI=1S/C12H17BrN2O2S/c1-15(8-9-3-2-4-9)18(16,17)12-7-10(14)5-6-11(12)13/h5-7,9H,2-4,8,14H2,1H3. The Morgan fingerprint density at radius 2 is 2.11 bits per heavy atom. The largest absolute Gasteiger partial charge is 0.399 e. The number of nitrogens with zero attached hydrogens (tertiary/aromatic N) is 1. The van der Waals surface area contributed by atoms with Gasteiger partial charge in [0.25, 0.3) is 0 Å². The van der Waals surface area contributed by atoms with Gasteiger partial charge < -0.3 is 5.73 Å². The maximum atomic E-state index is 12.4. The Hall–Kier alpha value is -0.590. The van der Waals surface area contributed by atoms with Gasteiger partial charge in [-0.2, -0.15) is 0 Å². The van der Waals surface area contributed by atoms with Crippen LogP contribution in [0.15, 0.2) is 27.6 Å². The Morgan fingerprint density at radius 3 is 2.67 bits per heavy atom. The monoisotopic (exact) mass is 332 g/mol. The van der Waals surface area contributed by atoms with E-state index in [0.717, 1.165) is 12.8 Å². The van der Waals surface area contributed by atoms with Crippen LogP contribution in [0.1, 0.15) is 19.3 Å². The third kappa shape index (κ3) is 2.70. The van der Waals surface area contributed by atoms with E-state index < -0.39 is 10.0 Å². The van der Waals surface area contributed by atoms with Crippen LogP contribution in [0.3, 0.4) is 0 Å². The van der Waals surface area contributed by atoms with Gasteiger partial charge in [-0.3, -0.25) is 0 Å². The lowest BCUT2D eigenvalue weighted by atomic mass is 9.86. The van der Waals surface area contributed by atoms with E-state index in [-0.39, 0.29) is 4.90 Å². The molecule has 1 aromatic carbocycles. The molecule has 0 unspecified atom stereocenters. The van der Waals surface area contributed by atoms with Crippen LogP contribution in [0.25, 0.3) is 0 Å². The van der Waals surface area contributed by atoms with Gasteiger partial charge in [-0.05, 0) is 52.9 Å². The molecule has 2 rings (SSSR count). The van der Waals surface area contributed by atoms with E-state index in [0.29, 0.717) is 22.6 Å². The van der Waals surface area contributed by atoms with Crippen molar-refractivity contribution in [1.82, 2.24) is 4.31 Å². The lowest BCUT2D eigenvalue weighted by Gasteiger charge is -2.29. The topological polar surface area (TPSA) is 63.4 Å². The number of hydrogen-bond acceptors (Lipinski definition) is 3. The summed E-state index contributed by atoms with van der Waals surface area (Å²) in [4.78, 5) is 0.240. The minimum Gasteiger partial charge on any atom is -0.399 e. The number of nitrogens with two attached hydrogens (primary N) is 1. The maximum Gasteiger partial charge on any atom is 0.244 e. The molecule has 100 valence electrons. The Labute approximate surface area is 116 Å². The number of benzene rings is 1. The lowest BCUT2D eigenvalue weighted by Crippen LogP contribution is -2.34. The van der Waals surface area contributed by atoms with E-state index in [1.54, 1.807) is 19.2 Å². The van der Waals surface area contributed by atoms with Gasteiger partial charge >= 0.3 is 0 Å². The normalized spacial score (nSPS) is 16.8. The molecule has 1 saturated carbocycles. The molecule has 6 heteroatoms. The average molecular weight is 333 g/mol. The van der Waals surface area contributed by atoms with Crippen molar-refractivity contribution in [2.45, 2.75) is 24.2 Å². The summed E-state index contributed by atoms with van der Waals surface area (Å²) in [5.41, 5.74) is 6.11. The molecule has 1 fully saturated rings. The molecule has 0 atom stereocenters. The highest BCUT2D eigenvalue weighted by molar-refractivity contribution is 9.10. The summed E-state index contributed by atoms with van der Waals surface area (Å²) in [5.74, 6) is 0.504. The summed E-state index contributed by atoms with van der Waals surface area (Å²) in [5, 5.41) is 0. The van der Waals surface area contributed by atoms with E-state index in [9.17, 15) is 8.42 Å². The van der Waals surface area contributed by atoms with E-state index in [2.05, 4.69) is 15.9 Å². The summed E-state index contributed by atoms with van der Waals surface area (Å²) in [6, 6.07) is 4.84. The SMILES string of the molecule is CN(CC1CCC1)S(=O)(=O)c1cc(N)ccc1Br. The van der Waals surface area contributed by atoms with Crippen LogP contribution < -0.4 is 5.73 Å². The van der Waals surface area contributed by atoms with Crippen molar-refractivity contribution in [3.05, 3.63) is 22.7 Å². The fourth-order valence-electron chi connectivity index (χ4n) is 2.02. The highest BCUT2D eigenvalue weighted by Gasteiger charge is 2.28. The maximum absolute atomic E-state index is 12.4. The summed E-state index contributed by atoms with van der Waals surface area (Å²) in [7, 11) is -1.83. The van der Waals surface area contributed by atoms with Gasteiger partial charge in [-0.15, -0.1) is 0 Å². The van der Waals surface area contributed by atoms with Crippen molar-refractivity contribution in [2.24, 2.45) is 5.92 Å². The molecule has 4 nitrogen and oxygen atoms in total. The molecule has 0 amide bonds. The lowest BCUT2D eigenvalue weighted by molar-refractivity contribution is 0.263. The minimum atomic E-state index is -3.46. The first kappa shape index (κ1) is 13.8. The zero-order valence-electron chi connectivity index (χ0n) is 10.3. The van der Waals surface area contributed by atoms with Crippen molar-refractivity contribution in [3.63, 3.8) is 0 Å². The predicted molar refractivity (Wildman–Crippen MR) is 75.7 cm³/mol. The number of hydrogen-bond donors (Lipinski definition) is 1. The van der Waals surface area contributed by atoms with Crippen molar-refractivity contribution < 1.29 is 8.42 Å². The zero-order valence-corrected chi connectivity index (χ0v) is 12.7. The third-order valence-corrected chi connectivity index (χ3v) is 6.20. The van der Waals surface area contributed by atoms with Gasteiger partial charge in [0.15, 0.2) is 0 Å². The fourth-order valence-corrected chi connectivity index (χ4v) is 4.23. The fraction of sp³-hybridized carbons (Fsp3) is 0.500. The second-order valence-electron chi connectivity index (χ2n) is 4.77. The number of anilines is 1. The highest BCUT2D eigenvalue weighted by Crippen LogP contribution is 2.31. The molecule has 0 saturated heterocycles. The van der Waals surface area contributed by atoms with Gasteiger partial charge in [0.2, 0.25) is 10.0 Å². The van der Waals surface area contributed by atoms with E-state index in [1.807, 2.05) is 0 Å². The average Bonchev–Trinajstić information content (AvgIpc) is 2.26. The third-order valence-electron chi connectivity index (χ3n) is 3.38. The van der Waals surface area contributed by atoms with Crippen LogP contribution in [0.4, 0.5) is 5.69 Å². The number of sulfonamides is 1. The second-order valence-corrected chi connectivity index (χ2v) is 7.64. The molecule has 1 aliphatic carbocycles. The Bertz CT molecular complexity index is 541. The summed E-state index contributed by atoms with van der Waals surface area (Å²) in [6.07, 6.45) is 3.45. The van der Waals surface area contributed by atoms with Gasteiger partial charge in [0.1, 0.15) is 0 Å². The summed E-state index contributed by atoms with van der Waals surface area (Å²) >= 11 is 3.27. The van der Waals surface area contributed by atoms with Crippen molar-refractivity contribution >= 4 is 31.6 Å². The molecule has 1 aliphatic rings. The second kappa shape index (κ2) is 5.19. The quantitative estimate of drug-likeness (QED) is 0.861. The first-order valence-electron chi connectivity index (χ1n) is 5.92. The van der Waals surface area contributed by atoms with E-state index in [1.165, 1.54) is 16.8 Å². The van der Waals surface area contributed by atoms with Crippen LogP contribution >= 0.6 is 15.9 Å². The number of rotatable bonds is 4. The molecule has 0 spiro atoms. The molecular weight excluding hydrogens is 316 g/mol. The Kier molecular flexibility index (Phi) is 3.99.